The fraction of sp³-hybridized carbons (Fsp3) is 0.385. The highest BCUT2D eigenvalue weighted by molar-refractivity contribution is 5.83. The number of urea groups is 1. The molecule has 0 fully saturated rings. The van der Waals surface area contributed by atoms with Gasteiger partial charge in [-0.1, -0.05) is 6.07 Å². The smallest absolute Gasteiger partial charge is 0.326 e. The minimum absolute atomic E-state index is 0.0445. The topological polar surface area (TPSA) is 126 Å². The van der Waals surface area contributed by atoms with Crippen molar-refractivity contribution >= 4 is 17.9 Å². The van der Waals surface area contributed by atoms with E-state index in [1.165, 1.54) is 11.9 Å². The summed E-state index contributed by atoms with van der Waals surface area (Å²) in [6.07, 6.45) is 3.08. The maximum atomic E-state index is 11.9. The highest BCUT2D eigenvalue weighted by Gasteiger charge is 2.22. The number of aromatic nitrogens is 1. The van der Waals surface area contributed by atoms with Crippen LogP contribution in [0.2, 0.25) is 0 Å². The number of pyridine rings is 1. The van der Waals surface area contributed by atoms with Crippen LogP contribution in [0.5, 0.6) is 0 Å². The number of nitrogens with zero attached hydrogens (tertiary/aromatic N) is 2. The second-order valence-corrected chi connectivity index (χ2v) is 4.56. The molecule has 4 N–H and O–H groups in total. The van der Waals surface area contributed by atoms with Crippen LogP contribution in [0.4, 0.5) is 4.79 Å². The molecule has 3 amide bonds. The van der Waals surface area contributed by atoms with E-state index in [-0.39, 0.29) is 12.8 Å². The summed E-state index contributed by atoms with van der Waals surface area (Å²) in [5.74, 6) is -1.82. The maximum absolute atomic E-state index is 11.9. The third-order valence-corrected chi connectivity index (χ3v) is 2.76. The standard InChI is InChI=1S/C13H18N4O4/c1-17(8-9-3-2-6-15-7-9)13(21)16-10(12(19)20)4-5-11(14)18/h2-3,6-7,10H,4-5,8H2,1H3,(H2,14,18)(H,16,21)(H,19,20). The summed E-state index contributed by atoms with van der Waals surface area (Å²) in [6, 6.07) is 1.85. The van der Waals surface area contributed by atoms with Crippen molar-refractivity contribution in [2.45, 2.75) is 25.4 Å². The number of amides is 3. The Labute approximate surface area is 121 Å². The fourth-order valence-electron chi connectivity index (χ4n) is 1.64. The Hall–Kier alpha value is -2.64. The molecular weight excluding hydrogens is 276 g/mol. The fourth-order valence-corrected chi connectivity index (χ4v) is 1.64. The van der Waals surface area contributed by atoms with Crippen molar-refractivity contribution in [1.82, 2.24) is 15.2 Å². The number of rotatable bonds is 7. The molecule has 8 heteroatoms. The van der Waals surface area contributed by atoms with Crippen molar-refractivity contribution in [2.24, 2.45) is 5.73 Å². The van der Waals surface area contributed by atoms with Crippen LogP contribution in [0.1, 0.15) is 18.4 Å². The quantitative estimate of drug-likeness (QED) is 0.649. The molecule has 0 aliphatic carbocycles. The van der Waals surface area contributed by atoms with E-state index in [9.17, 15) is 14.4 Å². The molecule has 1 aromatic heterocycles. The number of nitrogens with two attached hydrogens (primary N) is 1. The highest BCUT2D eigenvalue weighted by atomic mass is 16.4. The third-order valence-electron chi connectivity index (χ3n) is 2.76. The largest absolute Gasteiger partial charge is 0.480 e. The van der Waals surface area contributed by atoms with Crippen molar-refractivity contribution in [3.8, 4) is 0 Å². The SMILES string of the molecule is CN(Cc1cccnc1)C(=O)NC(CCC(N)=O)C(=O)O. The van der Waals surface area contributed by atoms with Crippen LogP contribution in [0.3, 0.4) is 0 Å². The molecule has 0 saturated heterocycles. The van der Waals surface area contributed by atoms with E-state index in [0.717, 1.165) is 5.56 Å². The highest BCUT2D eigenvalue weighted by Crippen LogP contribution is 2.03. The summed E-state index contributed by atoms with van der Waals surface area (Å²) in [7, 11) is 1.54. The van der Waals surface area contributed by atoms with Gasteiger partial charge in [-0.05, 0) is 18.1 Å². The first-order valence-corrected chi connectivity index (χ1v) is 6.31. The first kappa shape index (κ1) is 16.4. The lowest BCUT2D eigenvalue weighted by Gasteiger charge is -2.21. The minimum atomic E-state index is -1.21. The molecule has 0 aromatic carbocycles. The molecule has 0 bridgehead atoms. The van der Waals surface area contributed by atoms with Crippen LogP contribution in [0.25, 0.3) is 0 Å². The zero-order valence-corrected chi connectivity index (χ0v) is 11.7. The van der Waals surface area contributed by atoms with Gasteiger partial charge in [-0.25, -0.2) is 9.59 Å². The van der Waals surface area contributed by atoms with Crippen LogP contribution in [0, 0.1) is 0 Å². The van der Waals surface area contributed by atoms with Crippen molar-refractivity contribution in [2.75, 3.05) is 7.05 Å². The van der Waals surface area contributed by atoms with Gasteiger partial charge in [0.25, 0.3) is 0 Å². The molecule has 21 heavy (non-hydrogen) atoms. The lowest BCUT2D eigenvalue weighted by atomic mass is 10.1. The van der Waals surface area contributed by atoms with Crippen molar-refractivity contribution in [3.05, 3.63) is 30.1 Å². The van der Waals surface area contributed by atoms with Crippen LogP contribution in [-0.4, -0.2) is 46.0 Å². The number of carboxylic acids is 1. The van der Waals surface area contributed by atoms with Crippen molar-refractivity contribution < 1.29 is 19.5 Å². The van der Waals surface area contributed by atoms with Gasteiger partial charge in [0.05, 0.1) is 0 Å². The number of hydrogen-bond acceptors (Lipinski definition) is 4. The van der Waals surface area contributed by atoms with Gasteiger partial charge < -0.3 is 21.1 Å². The molecule has 0 spiro atoms. The lowest BCUT2D eigenvalue weighted by molar-refractivity contribution is -0.139. The summed E-state index contributed by atoms with van der Waals surface area (Å²) >= 11 is 0. The van der Waals surface area contributed by atoms with E-state index in [2.05, 4.69) is 10.3 Å². The Bertz CT molecular complexity index is 506. The predicted molar refractivity (Wildman–Crippen MR) is 74.1 cm³/mol. The molecule has 0 saturated carbocycles. The van der Waals surface area contributed by atoms with E-state index in [1.54, 1.807) is 24.5 Å². The van der Waals surface area contributed by atoms with Crippen LogP contribution >= 0.6 is 0 Å². The summed E-state index contributed by atoms with van der Waals surface area (Å²) in [5.41, 5.74) is 5.79. The van der Waals surface area contributed by atoms with Crippen LogP contribution in [0.15, 0.2) is 24.5 Å². The summed E-state index contributed by atoms with van der Waals surface area (Å²) in [5, 5.41) is 11.4. The normalized spacial score (nSPS) is 11.5. The van der Waals surface area contributed by atoms with Crippen LogP contribution in [-0.2, 0) is 16.1 Å². The van der Waals surface area contributed by atoms with E-state index in [4.69, 9.17) is 10.8 Å². The molecular formula is C13H18N4O4. The van der Waals surface area contributed by atoms with E-state index in [1.807, 2.05) is 0 Å². The van der Waals surface area contributed by atoms with Gasteiger partial charge in [0.2, 0.25) is 5.91 Å². The van der Waals surface area contributed by atoms with Gasteiger partial charge >= 0.3 is 12.0 Å². The summed E-state index contributed by atoms with van der Waals surface area (Å²) in [6.45, 7) is 0.293. The molecule has 0 radical (unpaired) electrons. The number of hydrogen-bond donors (Lipinski definition) is 3. The van der Waals surface area contributed by atoms with Gasteiger partial charge in [-0.15, -0.1) is 0 Å². The van der Waals surface area contributed by atoms with Gasteiger partial charge in [0.15, 0.2) is 0 Å². The number of primary amides is 1. The number of carbonyl (C=O) groups is 3. The molecule has 0 aliphatic rings. The van der Waals surface area contributed by atoms with Crippen molar-refractivity contribution in [1.29, 1.82) is 0 Å². The molecule has 1 atom stereocenters. The van der Waals surface area contributed by atoms with E-state index < -0.39 is 23.9 Å². The Morgan fingerprint density at radius 2 is 2.19 bits per heavy atom. The summed E-state index contributed by atoms with van der Waals surface area (Å²) in [4.78, 5) is 38.9. The molecule has 1 unspecified atom stereocenters. The average molecular weight is 294 g/mol. The Morgan fingerprint density at radius 1 is 1.48 bits per heavy atom. The second-order valence-electron chi connectivity index (χ2n) is 4.56. The zero-order chi connectivity index (χ0) is 15.8. The monoisotopic (exact) mass is 294 g/mol. The predicted octanol–water partition coefficient (Wildman–Crippen LogP) is -0.0583. The van der Waals surface area contributed by atoms with E-state index >= 15 is 0 Å². The first-order chi connectivity index (χ1) is 9.90. The minimum Gasteiger partial charge on any atom is -0.480 e. The van der Waals surface area contributed by atoms with Crippen molar-refractivity contribution in [3.63, 3.8) is 0 Å². The number of carbonyl (C=O) groups excluding carboxylic acids is 2. The molecule has 1 rings (SSSR count). The first-order valence-electron chi connectivity index (χ1n) is 6.31. The number of aliphatic carboxylic acids is 1. The van der Waals surface area contributed by atoms with Gasteiger partial charge in [-0.2, -0.15) is 0 Å². The lowest BCUT2D eigenvalue weighted by Crippen LogP contribution is -2.46. The maximum Gasteiger partial charge on any atom is 0.326 e. The summed E-state index contributed by atoms with van der Waals surface area (Å²) < 4.78 is 0. The Morgan fingerprint density at radius 3 is 2.71 bits per heavy atom. The average Bonchev–Trinajstić information content (AvgIpc) is 2.43. The molecule has 0 aliphatic heterocycles. The van der Waals surface area contributed by atoms with Gasteiger partial charge in [0, 0.05) is 32.4 Å². The van der Waals surface area contributed by atoms with E-state index in [0.29, 0.717) is 6.54 Å². The number of carboxylic acid groups (broad SMARTS) is 1. The Balaban J connectivity index is 2.56. The van der Waals surface area contributed by atoms with Gasteiger partial charge in [-0.3, -0.25) is 9.78 Å². The van der Waals surface area contributed by atoms with Crippen LogP contribution < -0.4 is 11.1 Å². The molecule has 8 nitrogen and oxygen atoms in total. The zero-order valence-electron chi connectivity index (χ0n) is 11.7. The molecule has 1 heterocycles. The number of nitrogens with one attached hydrogen (secondary N) is 1. The second kappa shape index (κ2) is 7.83. The molecule has 1 aromatic rings. The molecule has 114 valence electrons. The Kier molecular flexibility index (Phi) is 6.12. The third kappa shape index (κ3) is 5.89. The van der Waals surface area contributed by atoms with Gasteiger partial charge in [0.1, 0.15) is 6.04 Å².